The zero-order valence-corrected chi connectivity index (χ0v) is 12.1. The molecular formula is C20H18N. The molecule has 21 heavy (non-hydrogen) atoms. The summed E-state index contributed by atoms with van der Waals surface area (Å²) in [6.07, 6.45) is 2.15. The Kier molecular flexibility index (Phi) is 4.02. The Bertz CT molecular complexity index is 650. The molecule has 0 amide bonds. The largest absolute Gasteiger partial charge is 0.310 e. The van der Waals surface area contributed by atoms with E-state index in [1.165, 1.54) is 11.3 Å². The number of nitrogens with zero attached hydrogens (tertiary/aromatic N) is 1. The monoisotopic (exact) mass is 272 g/mol. The van der Waals surface area contributed by atoms with Gasteiger partial charge in [0.2, 0.25) is 0 Å². The predicted molar refractivity (Wildman–Crippen MR) is 90.2 cm³/mol. The highest BCUT2D eigenvalue weighted by Gasteiger charge is 2.14. The first-order chi connectivity index (χ1) is 10.4. The van der Waals surface area contributed by atoms with Crippen LogP contribution in [0.5, 0.6) is 0 Å². The Hall–Kier alpha value is -2.54. The van der Waals surface area contributed by atoms with Gasteiger partial charge in [-0.1, -0.05) is 61.5 Å². The Morgan fingerprint density at radius 1 is 0.619 bits per heavy atom. The summed E-state index contributed by atoms with van der Waals surface area (Å²) in [6.45, 7) is 2.08. The summed E-state index contributed by atoms with van der Waals surface area (Å²) in [7, 11) is 0. The van der Waals surface area contributed by atoms with Crippen LogP contribution in [-0.4, -0.2) is 0 Å². The van der Waals surface area contributed by atoms with Crippen molar-refractivity contribution in [3.05, 3.63) is 96.9 Å². The fourth-order valence-corrected chi connectivity index (χ4v) is 2.52. The number of benzene rings is 3. The normalized spacial score (nSPS) is 10.3. The Morgan fingerprint density at radius 2 is 1.10 bits per heavy atom. The third kappa shape index (κ3) is 2.82. The van der Waals surface area contributed by atoms with Gasteiger partial charge in [-0.2, -0.15) is 0 Å². The molecule has 0 aromatic heterocycles. The molecule has 0 fully saturated rings. The summed E-state index contributed by atoms with van der Waals surface area (Å²) in [5, 5.41) is 0. The van der Waals surface area contributed by atoms with Crippen LogP contribution in [0.2, 0.25) is 0 Å². The first-order valence-corrected chi connectivity index (χ1v) is 7.19. The molecule has 1 nitrogen and oxygen atoms in total. The fraction of sp³-hybridized carbons (Fsp3) is 0.0500. The SMILES string of the molecule is C[CH]c1ccccc1N(c1ccccc1)c1ccccc1. The highest BCUT2D eigenvalue weighted by molar-refractivity contribution is 5.78. The van der Waals surface area contributed by atoms with Crippen molar-refractivity contribution in [1.29, 1.82) is 0 Å². The van der Waals surface area contributed by atoms with Gasteiger partial charge < -0.3 is 4.90 Å². The van der Waals surface area contributed by atoms with Crippen LogP contribution in [0.1, 0.15) is 12.5 Å². The van der Waals surface area contributed by atoms with Gasteiger partial charge >= 0.3 is 0 Å². The average molecular weight is 272 g/mol. The number of hydrogen-bond donors (Lipinski definition) is 0. The minimum absolute atomic E-state index is 1.16. The zero-order valence-electron chi connectivity index (χ0n) is 12.1. The molecule has 0 unspecified atom stereocenters. The molecule has 0 spiro atoms. The van der Waals surface area contributed by atoms with Crippen LogP contribution >= 0.6 is 0 Å². The Morgan fingerprint density at radius 3 is 1.62 bits per heavy atom. The molecule has 1 heteroatoms. The molecule has 0 aliphatic heterocycles. The van der Waals surface area contributed by atoms with Gasteiger partial charge in [-0.15, -0.1) is 0 Å². The number of hydrogen-bond acceptors (Lipinski definition) is 1. The van der Waals surface area contributed by atoms with E-state index in [1.807, 2.05) is 12.1 Å². The zero-order chi connectivity index (χ0) is 14.5. The van der Waals surface area contributed by atoms with E-state index in [1.54, 1.807) is 0 Å². The first kappa shape index (κ1) is 13.4. The molecular weight excluding hydrogens is 254 g/mol. The number of rotatable bonds is 4. The summed E-state index contributed by atoms with van der Waals surface area (Å²) < 4.78 is 0. The maximum absolute atomic E-state index is 2.29. The summed E-state index contributed by atoms with van der Waals surface area (Å²) in [4.78, 5) is 2.29. The molecule has 0 bridgehead atoms. The van der Waals surface area contributed by atoms with Gasteiger partial charge in [0.15, 0.2) is 0 Å². The molecule has 3 rings (SSSR count). The Labute approximate surface area is 126 Å². The second-order valence-electron chi connectivity index (χ2n) is 4.85. The lowest BCUT2D eigenvalue weighted by molar-refractivity contribution is 1.25. The van der Waals surface area contributed by atoms with Crippen LogP contribution in [0.25, 0.3) is 0 Å². The van der Waals surface area contributed by atoms with E-state index >= 15 is 0 Å². The van der Waals surface area contributed by atoms with Crippen molar-refractivity contribution in [2.75, 3.05) is 4.90 Å². The maximum atomic E-state index is 2.29. The molecule has 0 atom stereocenters. The van der Waals surface area contributed by atoms with Gasteiger partial charge in [-0.3, -0.25) is 0 Å². The molecule has 1 radical (unpaired) electrons. The summed E-state index contributed by atoms with van der Waals surface area (Å²) >= 11 is 0. The second-order valence-corrected chi connectivity index (χ2v) is 4.85. The lowest BCUT2D eigenvalue weighted by Gasteiger charge is -2.27. The van der Waals surface area contributed by atoms with Gasteiger partial charge in [0, 0.05) is 17.1 Å². The molecule has 3 aromatic rings. The quantitative estimate of drug-likeness (QED) is 0.586. The van der Waals surface area contributed by atoms with Gasteiger partial charge in [0.05, 0.1) is 0 Å². The third-order valence-electron chi connectivity index (χ3n) is 3.52. The van der Waals surface area contributed by atoms with Crippen molar-refractivity contribution in [2.24, 2.45) is 0 Å². The summed E-state index contributed by atoms with van der Waals surface area (Å²) in [6, 6.07) is 29.4. The first-order valence-electron chi connectivity index (χ1n) is 7.19. The van der Waals surface area contributed by atoms with E-state index in [-0.39, 0.29) is 0 Å². The van der Waals surface area contributed by atoms with Crippen molar-refractivity contribution >= 4 is 17.1 Å². The summed E-state index contributed by atoms with van der Waals surface area (Å²) in [5.41, 5.74) is 4.75. The van der Waals surface area contributed by atoms with Gasteiger partial charge in [-0.25, -0.2) is 0 Å². The maximum Gasteiger partial charge on any atom is 0.0496 e. The van der Waals surface area contributed by atoms with Gasteiger partial charge in [0.25, 0.3) is 0 Å². The van der Waals surface area contributed by atoms with Crippen LogP contribution in [-0.2, 0) is 0 Å². The van der Waals surface area contributed by atoms with Gasteiger partial charge in [0.1, 0.15) is 0 Å². The van der Waals surface area contributed by atoms with Crippen molar-refractivity contribution in [3.8, 4) is 0 Å². The van der Waals surface area contributed by atoms with Crippen LogP contribution in [0.15, 0.2) is 84.9 Å². The standard InChI is InChI=1S/C20H18N/c1-2-17-11-9-10-16-20(17)21(18-12-5-3-6-13-18)19-14-7-4-8-15-19/h2-16H,1H3. The molecule has 103 valence electrons. The lowest BCUT2D eigenvalue weighted by atomic mass is 10.1. The summed E-state index contributed by atoms with van der Waals surface area (Å²) in [5.74, 6) is 0. The molecule has 0 N–H and O–H groups in total. The van der Waals surface area contributed by atoms with Gasteiger partial charge in [-0.05, 0) is 42.3 Å². The van der Waals surface area contributed by atoms with Crippen molar-refractivity contribution in [3.63, 3.8) is 0 Å². The van der Waals surface area contributed by atoms with Crippen LogP contribution in [0.4, 0.5) is 17.1 Å². The minimum Gasteiger partial charge on any atom is -0.310 e. The molecule has 0 heterocycles. The van der Waals surface area contributed by atoms with Crippen LogP contribution in [0, 0.1) is 6.42 Å². The van der Waals surface area contributed by atoms with Crippen molar-refractivity contribution in [1.82, 2.24) is 0 Å². The topological polar surface area (TPSA) is 3.24 Å². The minimum atomic E-state index is 1.16. The van der Waals surface area contributed by atoms with E-state index in [0.29, 0.717) is 0 Å². The smallest absolute Gasteiger partial charge is 0.0496 e. The predicted octanol–water partition coefficient (Wildman–Crippen LogP) is 5.73. The molecule has 0 saturated heterocycles. The fourth-order valence-electron chi connectivity index (χ4n) is 2.52. The lowest BCUT2D eigenvalue weighted by Crippen LogP contribution is -2.11. The van der Waals surface area contributed by atoms with Crippen molar-refractivity contribution in [2.45, 2.75) is 6.92 Å². The number of para-hydroxylation sites is 3. The van der Waals surface area contributed by atoms with E-state index < -0.39 is 0 Å². The van der Waals surface area contributed by atoms with Crippen molar-refractivity contribution < 1.29 is 0 Å². The van der Waals surface area contributed by atoms with Crippen LogP contribution < -0.4 is 4.90 Å². The van der Waals surface area contributed by atoms with E-state index in [9.17, 15) is 0 Å². The average Bonchev–Trinajstić information content (AvgIpc) is 2.58. The van der Waals surface area contributed by atoms with Crippen LogP contribution in [0.3, 0.4) is 0 Å². The van der Waals surface area contributed by atoms with E-state index in [4.69, 9.17) is 0 Å². The second kappa shape index (κ2) is 6.27. The molecule has 0 aliphatic rings. The molecule has 3 aromatic carbocycles. The molecule has 0 aliphatic carbocycles. The molecule has 0 saturated carbocycles. The highest BCUT2D eigenvalue weighted by atomic mass is 15.1. The third-order valence-corrected chi connectivity index (χ3v) is 3.52. The van der Waals surface area contributed by atoms with E-state index in [0.717, 1.165) is 11.4 Å². The van der Waals surface area contributed by atoms with E-state index in [2.05, 4.69) is 91.0 Å². The Balaban J connectivity index is 2.17. The highest BCUT2D eigenvalue weighted by Crippen LogP contribution is 2.36. The number of anilines is 3.